The number of nitrogens with one attached hydrogen (secondary N) is 1. The van der Waals surface area contributed by atoms with Gasteiger partial charge in [0.2, 0.25) is 0 Å². The first kappa shape index (κ1) is 17.5. The van der Waals surface area contributed by atoms with Gasteiger partial charge in [-0.3, -0.25) is 9.78 Å². The van der Waals surface area contributed by atoms with Crippen molar-refractivity contribution in [1.82, 2.24) is 20.0 Å². The molecule has 2 aromatic heterocycles. The lowest BCUT2D eigenvalue weighted by molar-refractivity contribution is -0.141. The molecule has 27 heavy (non-hydrogen) atoms. The van der Waals surface area contributed by atoms with Gasteiger partial charge in [0.25, 0.3) is 0 Å². The average molecular weight is 373 g/mol. The van der Waals surface area contributed by atoms with Crippen LogP contribution in [0.25, 0.3) is 10.9 Å². The zero-order chi connectivity index (χ0) is 19.0. The maximum Gasteiger partial charge on any atom is 0.435 e. The second-order valence-corrected chi connectivity index (χ2v) is 6.64. The van der Waals surface area contributed by atoms with E-state index in [1.807, 2.05) is 18.2 Å². The van der Waals surface area contributed by atoms with Crippen LogP contribution in [0, 0.1) is 0 Å². The molecule has 1 aliphatic rings. The van der Waals surface area contributed by atoms with Gasteiger partial charge in [-0.25, -0.2) is 4.99 Å². The summed E-state index contributed by atoms with van der Waals surface area (Å²) in [7, 11) is 1.49. The highest BCUT2D eigenvalue weighted by molar-refractivity contribution is 6.14. The summed E-state index contributed by atoms with van der Waals surface area (Å²) in [5.74, 6) is 0. The number of benzene rings is 1. The first-order chi connectivity index (χ1) is 12.9. The van der Waals surface area contributed by atoms with Gasteiger partial charge in [0.05, 0.1) is 28.7 Å². The Bertz CT molecular complexity index is 1040. The number of nitrogens with zero attached hydrogens (tertiary/aromatic N) is 4. The molecule has 0 amide bonds. The van der Waals surface area contributed by atoms with Crippen LogP contribution in [-0.4, -0.2) is 25.7 Å². The Hall–Kier alpha value is -2.90. The zero-order valence-electron chi connectivity index (χ0n) is 14.7. The second-order valence-electron chi connectivity index (χ2n) is 6.64. The van der Waals surface area contributed by atoms with Gasteiger partial charge in [-0.05, 0) is 49.5 Å². The molecule has 0 aliphatic heterocycles. The maximum atomic E-state index is 13.5. The minimum absolute atomic E-state index is 0.0189. The van der Waals surface area contributed by atoms with Crippen molar-refractivity contribution in [2.45, 2.75) is 31.9 Å². The van der Waals surface area contributed by atoms with E-state index in [9.17, 15) is 13.2 Å². The molecule has 140 valence electrons. The van der Waals surface area contributed by atoms with E-state index in [2.05, 4.69) is 20.3 Å². The minimum atomic E-state index is -4.54. The predicted molar refractivity (Wildman–Crippen MR) is 97.1 cm³/mol. The van der Waals surface area contributed by atoms with Gasteiger partial charge in [-0.2, -0.15) is 23.4 Å². The standard InChI is InChI=1S/C19H18F3N5/c1-27-11-15(18(26-27)19(20,21)22)17(12-5-3-2-4-6-12)24-14-7-8-16-13(9-14)10-23-25-16/h5,7-11H,2-4,6H2,1H3,(H,23,25)/b24-17+. The fourth-order valence-electron chi connectivity index (χ4n) is 3.36. The Kier molecular flexibility index (Phi) is 4.33. The largest absolute Gasteiger partial charge is 0.435 e. The van der Waals surface area contributed by atoms with E-state index >= 15 is 0 Å². The van der Waals surface area contributed by atoms with E-state index in [0.717, 1.165) is 35.7 Å². The molecule has 1 N–H and O–H groups in total. The van der Waals surface area contributed by atoms with E-state index in [1.54, 1.807) is 12.3 Å². The Morgan fingerprint density at radius 3 is 2.85 bits per heavy atom. The van der Waals surface area contributed by atoms with Gasteiger partial charge in [0, 0.05) is 18.6 Å². The number of aliphatic imine (C=N–C) groups is 1. The van der Waals surface area contributed by atoms with E-state index in [1.165, 1.54) is 17.9 Å². The molecule has 0 bridgehead atoms. The third-order valence-corrected chi connectivity index (χ3v) is 4.61. The molecule has 0 spiro atoms. The summed E-state index contributed by atoms with van der Waals surface area (Å²) < 4.78 is 41.8. The molecular formula is C19H18F3N5. The number of aromatic amines is 1. The van der Waals surface area contributed by atoms with Crippen LogP contribution in [0.5, 0.6) is 0 Å². The lowest BCUT2D eigenvalue weighted by Crippen LogP contribution is -2.15. The number of hydrogen-bond donors (Lipinski definition) is 1. The summed E-state index contributed by atoms with van der Waals surface area (Å²) >= 11 is 0. The van der Waals surface area contributed by atoms with Crippen molar-refractivity contribution < 1.29 is 13.2 Å². The molecular weight excluding hydrogens is 355 g/mol. The van der Waals surface area contributed by atoms with Gasteiger partial charge in [0.1, 0.15) is 0 Å². The molecule has 0 saturated heterocycles. The highest BCUT2D eigenvalue weighted by Gasteiger charge is 2.38. The van der Waals surface area contributed by atoms with Gasteiger partial charge < -0.3 is 0 Å². The maximum absolute atomic E-state index is 13.5. The number of aromatic nitrogens is 4. The third-order valence-electron chi connectivity index (χ3n) is 4.61. The van der Waals surface area contributed by atoms with Crippen LogP contribution in [0.3, 0.4) is 0 Å². The smallest absolute Gasteiger partial charge is 0.278 e. The normalized spacial score (nSPS) is 16.0. The molecule has 3 aromatic rings. The second kappa shape index (κ2) is 6.68. The van der Waals surface area contributed by atoms with Crippen LogP contribution in [-0.2, 0) is 13.2 Å². The van der Waals surface area contributed by atoms with Crippen molar-refractivity contribution >= 4 is 22.3 Å². The molecule has 1 aliphatic carbocycles. The van der Waals surface area contributed by atoms with Crippen LogP contribution in [0.4, 0.5) is 18.9 Å². The van der Waals surface area contributed by atoms with Crippen molar-refractivity contribution in [2.24, 2.45) is 12.0 Å². The number of rotatable bonds is 3. The molecule has 2 heterocycles. The molecule has 4 rings (SSSR count). The van der Waals surface area contributed by atoms with Crippen molar-refractivity contribution in [3.8, 4) is 0 Å². The first-order valence-corrected chi connectivity index (χ1v) is 8.74. The average Bonchev–Trinajstić information content (AvgIpc) is 3.26. The topological polar surface area (TPSA) is 58.9 Å². The number of allylic oxidation sites excluding steroid dienone is 2. The quantitative estimate of drug-likeness (QED) is 0.662. The SMILES string of the molecule is Cn1cc(/C(=N/c2ccc3[nH]ncc3c2)C2=CCCCC2)c(C(F)(F)F)n1. The van der Waals surface area contributed by atoms with E-state index in [-0.39, 0.29) is 5.56 Å². The van der Waals surface area contributed by atoms with Crippen molar-refractivity contribution in [2.75, 3.05) is 0 Å². The zero-order valence-corrected chi connectivity index (χ0v) is 14.7. The third kappa shape index (κ3) is 3.51. The number of fused-ring (bicyclic) bond motifs is 1. The summed E-state index contributed by atoms with van der Waals surface area (Å²) in [6.07, 6.45) is 4.04. The van der Waals surface area contributed by atoms with Crippen molar-refractivity contribution in [1.29, 1.82) is 0 Å². The number of halogens is 3. The summed E-state index contributed by atoms with van der Waals surface area (Å²) in [6.45, 7) is 0. The van der Waals surface area contributed by atoms with E-state index in [4.69, 9.17) is 0 Å². The van der Waals surface area contributed by atoms with Crippen LogP contribution in [0.15, 0.2) is 47.2 Å². The van der Waals surface area contributed by atoms with Gasteiger partial charge in [-0.1, -0.05) is 6.08 Å². The molecule has 0 unspecified atom stereocenters. The van der Waals surface area contributed by atoms with Crippen molar-refractivity contribution in [3.63, 3.8) is 0 Å². The highest BCUT2D eigenvalue weighted by atomic mass is 19.4. The summed E-state index contributed by atoms with van der Waals surface area (Å²) in [4.78, 5) is 4.62. The number of hydrogen-bond acceptors (Lipinski definition) is 3. The van der Waals surface area contributed by atoms with Crippen LogP contribution in [0.2, 0.25) is 0 Å². The number of H-pyrrole nitrogens is 1. The van der Waals surface area contributed by atoms with E-state index < -0.39 is 11.9 Å². The first-order valence-electron chi connectivity index (χ1n) is 8.74. The Morgan fingerprint density at radius 2 is 2.11 bits per heavy atom. The predicted octanol–water partition coefficient (Wildman–Crippen LogP) is 4.94. The van der Waals surface area contributed by atoms with E-state index in [0.29, 0.717) is 17.8 Å². The number of aryl methyl sites for hydroxylation is 1. The minimum Gasteiger partial charge on any atom is -0.278 e. The molecule has 5 nitrogen and oxygen atoms in total. The monoisotopic (exact) mass is 373 g/mol. The van der Waals surface area contributed by atoms with Crippen LogP contribution >= 0.6 is 0 Å². The van der Waals surface area contributed by atoms with Crippen molar-refractivity contribution in [3.05, 3.63) is 53.5 Å². The molecule has 0 fully saturated rings. The molecule has 8 heteroatoms. The lowest BCUT2D eigenvalue weighted by atomic mass is 9.92. The van der Waals surface area contributed by atoms with Gasteiger partial charge in [0.15, 0.2) is 5.69 Å². The Labute approximate surface area is 153 Å². The fourth-order valence-corrected chi connectivity index (χ4v) is 3.36. The summed E-state index contributed by atoms with van der Waals surface area (Å²) in [6, 6.07) is 5.40. The summed E-state index contributed by atoms with van der Waals surface area (Å²) in [5, 5.41) is 11.3. The number of alkyl halides is 3. The van der Waals surface area contributed by atoms with Crippen LogP contribution in [0.1, 0.15) is 36.9 Å². The van der Waals surface area contributed by atoms with Crippen LogP contribution < -0.4 is 0 Å². The Morgan fingerprint density at radius 1 is 1.26 bits per heavy atom. The van der Waals surface area contributed by atoms with Gasteiger partial charge in [-0.15, -0.1) is 0 Å². The highest BCUT2D eigenvalue weighted by Crippen LogP contribution is 2.34. The lowest BCUT2D eigenvalue weighted by Gasteiger charge is -2.16. The molecule has 0 atom stereocenters. The molecule has 1 aromatic carbocycles. The fraction of sp³-hybridized carbons (Fsp3) is 0.316. The molecule has 0 radical (unpaired) electrons. The Balaban J connectivity index is 1.89. The molecule has 0 saturated carbocycles. The van der Waals surface area contributed by atoms with Gasteiger partial charge >= 0.3 is 6.18 Å². The summed E-state index contributed by atoms with van der Waals surface area (Å²) in [5.41, 5.74) is 1.74.